The Labute approximate surface area is 113 Å². The Bertz CT molecular complexity index is 441. The van der Waals surface area contributed by atoms with Crippen molar-refractivity contribution >= 4 is 17.9 Å². The van der Waals surface area contributed by atoms with Crippen LogP contribution in [0.2, 0.25) is 0 Å². The fraction of sp³-hybridized carbons (Fsp3) is 0.333. The molecule has 1 aromatic rings. The lowest BCUT2D eigenvalue weighted by Gasteiger charge is -2.12. The number of carbonyl (C=O) groups is 2. The minimum Gasteiger partial charge on any atom is -0.354 e. The number of rotatable bonds is 6. The maximum atomic E-state index is 11.6. The molecule has 4 nitrogen and oxygen atoms in total. The molecule has 0 aliphatic heterocycles. The summed E-state index contributed by atoms with van der Waals surface area (Å²) in [5.74, 6) is -0.439. The largest absolute Gasteiger partial charge is 0.354 e. The summed E-state index contributed by atoms with van der Waals surface area (Å²) in [4.78, 5) is 23.2. The molecule has 0 unspecified atom stereocenters. The zero-order valence-corrected chi connectivity index (χ0v) is 11.3. The number of hydrogen-bond acceptors (Lipinski definition) is 2. The molecule has 4 heteroatoms. The Morgan fingerprint density at radius 1 is 1.26 bits per heavy atom. The third-order valence-corrected chi connectivity index (χ3v) is 2.53. The molecule has 19 heavy (non-hydrogen) atoms. The highest BCUT2D eigenvalue weighted by molar-refractivity contribution is 5.95. The van der Waals surface area contributed by atoms with Crippen molar-refractivity contribution < 1.29 is 9.59 Å². The van der Waals surface area contributed by atoms with Crippen molar-refractivity contribution in [2.75, 3.05) is 6.54 Å². The molecule has 0 saturated heterocycles. The Morgan fingerprint density at radius 3 is 2.58 bits per heavy atom. The number of nitrogens with one attached hydrogen (secondary N) is 2. The van der Waals surface area contributed by atoms with Crippen LogP contribution in [0.15, 0.2) is 36.4 Å². The van der Waals surface area contributed by atoms with Crippen LogP contribution < -0.4 is 10.6 Å². The van der Waals surface area contributed by atoms with Gasteiger partial charge in [-0.15, -0.1) is 0 Å². The van der Waals surface area contributed by atoms with Crippen molar-refractivity contribution in [2.45, 2.75) is 26.3 Å². The standard InChI is InChI=1S/C15H20N2O2/c1-3-11-16-15(19)12(2)17-14(18)10-9-13-7-5-4-6-8-13/h4-10,12H,3,11H2,1-2H3,(H,16,19)(H,17,18)/b10-9+/t12-/m1/s1. The molecule has 0 spiro atoms. The molecule has 1 rings (SSSR count). The van der Waals surface area contributed by atoms with Crippen LogP contribution in [-0.4, -0.2) is 24.4 Å². The van der Waals surface area contributed by atoms with Gasteiger partial charge in [-0.05, 0) is 25.0 Å². The van der Waals surface area contributed by atoms with Crippen LogP contribution in [0.4, 0.5) is 0 Å². The van der Waals surface area contributed by atoms with Gasteiger partial charge in [0.25, 0.3) is 0 Å². The first-order chi connectivity index (χ1) is 9.13. The molecule has 0 bridgehead atoms. The lowest BCUT2D eigenvalue weighted by atomic mass is 10.2. The van der Waals surface area contributed by atoms with E-state index in [1.54, 1.807) is 13.0 Å². The van der Waals surface area contributed by atoms with Gasteiger partial charge in [0.15, 0.2) is 0 Å². The van der Waals surface area contributed by atoms with Gasteiger partial charge in [0.2, 0.25) is 11.8 Å². The monoisotopic (exact) mass is 260 g/mol. The van der Waals surface area contributed by atoms with Crippen LogP contribution in [0.5, 0.6) is 0 Å². The Kier molecular flexibility index (Phi) is 6.36. The van der Waals surface area contributed by atoms with E-state index in [1.807, 2.05) is 37.3 Å². The maximum absolute atomic E-state index is 11.6. The summed E-state index contributed by atoms with van der Waals surface area (Å²) in [6.07, 6.45) is 4.02. The molecule has 0 saturated carbocycles. The predicted molar refractivity (Wildman–Crippen MR) is 76.4 cm³/mol. The molecule has 1 atom stereocenters. The zero-order chi connectivity index (χ0) is 14.1. The molecule has 0 aliphatic carbocycles. The third kappa shape index (κ3) is 5.86. The highest BCUT2D eigenvalue weighted by atomic mass is 16.2. The lowest BCUT2D eigenvalue weighted by molar-refractivity contribution is -0.126. The van der Waals surface area contributed by atoms with Crippen LogP contribution in [0.3, 0.4) is 0 Å². The van der Waals surface area contributed by atoms with E-state index in [4.69, 9.17) is 0 Å². The quantitative estimate of drug-likeness (QED) is 0.765. The summed E-state index contributed by atoms with van der Waals surface area (Å²) in [6.45, 7) is 4.27. The molecule has 2 N–H and O–H groups in total. The van der Waals surface area contributed by atoms with Gasteiger partial charge in [0.05, 0.1) is 0 Å². The lowest BCUT2D eigenvalue weighted by Crippen LogP contribution is -2.44. The van der Waals surface area contributed by atoms with Gasteiger partial charge in [0.1, 0.15) is 6.04 Å². The SMILES string of the molecule is CCCNC(=O)[C@@H](C)NC(=O)/C=C/c1ccccc1. The second kappa shape index (κ2) is 8.08. The van der Waals surface area contributed by atoms with Crippen LogP contribution in [0.1, 0.15) is 25.8 Å². The van der Waals surface area contributed by atoms with Crippen molar-refractivity contribution in [3.05, 3.63) is 42.0 Å². The molecular formula is C15H20N2O2. The Morgan fingerprint density at radius 2 is 1.95 bits per heavy atom. The van der Waals surface area contributed by atoms with E-state index in [0.717, 1.165) is 12.0 Å². The van der Waals surface area contributed by atoms with Gasteiger partial charge in [-0.3, -0.25) is 9.59 Å². The molecule has 102 valence electrons. The van der Waals surface area contributed by atoms with E-state index in [0.29, 0.717) is 6.54 Å². The average molecular weight is 260 g/mol. The normalized spacial score (nSPS) is 12.1. The summed E-state index contributed by atoms with van der Waals surface area (Å²) in [5, 5.41) is 5.35. The number of hydrogen-bond donors (Lipinski definition) is 2. The number of carbonyl (C=O) groups excluding carboxylic acids is 2. The minimum atomic E-state index is -0.528. The van der Waals surface area contributed by atoms with Crippen molar-refractivity contribution in [3.63, 3.8) is 0 Å². The molecule has 0 heterocycles. The molecule has 0 aromatic heterocycles. The highest BCUT2D eigenvalue weighted by Crippen LogP contribution is 2.00. The molecule has 2 amide bonds. The van der Waals surface area contributed by atoms with Crippen LogP contribution in [0, 0.1) is 0 Å². The fourth-order valence-corrected chi connectivity index (χ4v) is 1.46. The molecule has 1 aromatic carbocycles. The van der Waals surface area contributed by atoms with Crippen molar-refractivity contribution in [3.8, 4) is 0 Å². The first-order valence-corrected chi connectivity index (χ1v) is 6.44. The van der Waals surface area contributed by atoms with Crippen LogP contribution in [0.25, 0.3) is 6.08 Å². The van der Waals surface area contributed by atoms with Gasteiger partial charge in [0, 0.05) is 12.6 Å². The van der Waals surface area contributed by atoms with Crippen molar-refractivity contribution in [1.29, 1.82) is 0 Å². The highest BCUT2D eigenvalue weighted by Gasteiger charge is 2.12. The molecule has 0 fully saturated rings. The summed E-state index contributed by atoms with van der Waals surface area (Å²) >= 11 is 0. The fourth-order valence-electron chi connectivity index (χ4n) is 1.46. The summed E-state index contributed by atoms with van der Waals surface area (Å²) in [6, 6.07) is 9.00. The van der Waals surface area contributed by atoms with E-state index in [-0.39, 0.29) is 11.8 Å². The van der Waals surface area contributed by atoms with E-state index < -0.39 is 6.04 Å². The van der Waals surface area contributed by atoms with Crippen LogP contribution in [-0.2, 0) is 9.59 Å². The van der Waals surface area contributed by atoms with E-state index >= 15 is 0 Å². The van der Waals surface area contributed by atoms with E-state index in [1.165, 1.54) is 6.08 Å². The Balaban J connectivity index is 2.42. The zero-order valence-electron chi connectivity index (χ0n) is 11.3. The summed E-state index contributed by atoms with van der Waals surface area (Å²) in [5.41, 5.74) is 0.945. The average Bonchev–Trinajstić information content (AvgIpc) is 2.43. The second-order valence-corrected chi connectivity index (χ2v) is 4.27. The molecule has 0 radical (unpaired) electrons. The van der Waals surface area contributed by atoms with E-state index in [9.17, 15) is 9.59 Å². The predicted octanol–water partition coefficient (Wildman–Crippen LogP) is 1.73. The van der Waals surface area contributed by atoms with Crippen molar-refractivity contribution in [2.24, 2.45) is 0 Å². The van der Waals surface area contributed by atoms with Gasteiger partial charge >= 0.3 is 0 Å². The van der Waals surface area contributed by atoms with Gasteiger partial charge in [-0.2, -0.15) is 0 Å². The summed E-state index contributed by atoms with van der Waals surface area (Å²) < 4.78 is 0. The third-order valence-electron chi connectivity index (χ3n) is 2.53. The van der Waals surface area contributed by atoms with E-state index in [2.05, 4.69) is 10.6 Å². The number of amides is 2. The summed E-state index contributed by atoms with van der Waals surface area (Å²) in [7, 11) is 0. The van der Waals surface area contributed by atoms with Gasteiger partial charge in [-0.25, -0.2) is 0 Å². The number of benzene rings is 1. The molecular weight excluding hydrogens is 240 g/mol. The first kappa shape index (κ1) is 15.0. The smallest absolute Gasteiger partial charge is 0.244 e. The van der Waals surface area contributed by atoms with Crippen molar-refractivity contribution in [1.82, 2.24) is 10.6 Å². The second-order valence-electron chi connectivity index (χ2n) is 4.27. The van der Waals surface area contributed by atoms with Gasteiger partial charge < -0.3 is 10.6 Å². The Hall–Kier alpha value is -2.10. The van der Waals surface area contributed by atoms with Gasteiger partial charge in [-0.1, -0.05) is 37.3 Å². The van der Waals surface area contributed by atoms with Crippen LogP contribution >= 0.6 is 0 Å². The molecule has 0 aliphatic rings. The maximum Gasteiger partial charge on any atom is 0.244 e. The topological polar surface area (TPSA) is 58.2 Å². The minimum absolute atomic E-state index is 0.164. The first-order valence-electron chi connectivity index (χ1n) is 6.44.